The van der Waals surface area contributed by atoms with Gasteiger partial charge in [0, 0.05) is 13.0 Å². The molecule has 0 saturated carbocycles. The van der Waals surface area contributed by atoms with E-state index in [2.05, 4.69) is 14.1 Å². The number of hydrogen-bond acceptors (Lipinski definition) is 5. The predicted molar refractivity (Wildman–Crippen MR) is 64.7 cm³/mol. The maximum absolute atomic E-state index is 11.4. The van der Waals surface area contributed by atoms with Gasteiger partial charge in [-0.2, -0.15) is 8.75 Å². The van der Waals surface area contributed by atoms with Crippen LogP contribution in [0.2, 0.25) is 5.02 Å². The predicted octanol–water partition coefficient (Wildman–Crippen LogP) is 1.63. The molecule has 3 N–H and O–H groups in total. The molecule has 0 unspecified atom stereocenters. The Kier molecular flexibility index (Phi) is 3.33. The first-order valence-electron chi connectivity index (χ1n) is 4.63. The molecule has 0 radical (unpaired) electrons. The fourth-order valence-corrected chi connectivity index (χ4v) is 2.02. The number of fused-ring (bicyclic) bond motifs is 1. The molecule has 7 heteroatoms. The van der Waals surface area contributed by atoms with Crippen molar-refractivity contribution in [2.75, 3.05) is 11.9 Å². The molecule has 1 aromatic heterocycles. The monoisotopic (exact) mass is 256 g/mol. The van der Waals surface area contributed by atoms with Crippen molar-refractivity contribution in [2.45, 2.75) is 6.42 Å². The minimum atomic E-state index is -0.176. The zero-order valence-electron chi connectivity index (χ0n) is 8.24. The Balaban J connectivity index is 2.38. The molecule has 16 heavy (non-hydrogen) atoms. The van der Waals surface area contributed by atoms with E-state index in [0.29, 0.717) is 22.8 Å². The third-order valence-corrected chi connectivity index (χ3v) is 2.87. The van der Waals surface area contributed by atoms with Gasteiger partial charge in [-0.05, 0) is 12.1 Å². The van der Waals surface area contributed by atoms with E-state index in [1.165, 1.54) is 0 Å². The molecule has 0 fully saturated rings. The van der Waals surface area contributed by atoms with Crippen molar-refractivity contribution >= 4 is 46.0 Å². The number of halogens is 1. The summed E-state index contributed by atoms with van der Waals surface area (Å²) in [5, 5.41) is 3.14. The van der Waals surface area contributed by atoms with Gasteiger partial charge in [-0.25, -0.2) is 0 Å². The Morgan fingerprint density at radius 2 is 2.31 bits per heavy atom. The van der Waals surface area contributed by atoms with Crippen LogP contribution in [0.4, 0.5) is 5.69 Å². The van der Waals surface area contributed by atoms with Crippen LogP contribution < -0.4 is 11.1 Å². The molecule has 2 rings (SSSR count). The lowest BCUT2D eigenvalue weighted by molar-refractivity contribution is -0.116. The van der Waals surface area contributed by atoms with E-state index in [9.17, 15) is 4.79 Å². The summed E-state index contributed by atoms with van der Waals surface area (Å²) in [7, 11) is 0. The second-order valence-corrected chi connectivity index (χ2v) is 4.08. The molecule has 0 spiro atoms. The highest BCUT2D eigenvalue weighted by Gasteiger charge is 2.12. The summed E-state index contributed by atoms with van der Waals surface area (Å²) in [6.45, 7) is 0.300. The number of aromatic nitrogens is 2. The third-order valence-electron chi connectivity index (χ3n) is 2.01. The number of nitrogens with one attached hydrogen (secondary N) is 1. The molecular formula is C9H9ClN4OS. The number of nitrogens with two attached hydrogens (primary N) is 1. The van der Waals surface area contributed by atoms with Crippen LogP contribution in [0.5, 0.6) is 0 Å². The van der Waals surface area contributed by atoms with E-state index in [-0.39, 0.29) is 12.3 Å². The zero-order valence-corrected chi connectivity index (χ0v) is 9.81. The van der Waals surface area contributed by atoms with Gasteiger partial charge in [-0.1, -0.05) is 11.6 Å². The van der Waals surface area contributed by atoms with Crippen LogP contribution in [-0.2, 0) is 4.79 Å². The Bertz CT molecular complexity index is 527. The van der Waals surface area contributed by atoms with Gasteiger partial charge in [0.05, 0.1) is 22.4 Å². The molecule has 2 aromatic rings. The fraction of sp³-hybridized carbons (Fsp3) is 0.222. The van der Waals surface area contributed by atoms with Gasteiger partial charge in [0.1, 0.15) is 11.0 Å². The largest absolute Gasteiger partial charge is 0.330 e. The summed E-state index contributed by atoms with van der Waals surface area (Å²) >= 11 is 7.08. The number of nitrogens with zero attached hydrogens (tertiary/aromatic N) is 2. The minimum absolute atomic E-state index is 0.176. The quantitative estimate of drug-likeness (QED) is 0.875. The first-order chi connectivity index (χ1) is 7.72. The molecule has 0 saturated heterocycles. The third kappa shape index (κ3) is 2.13. The number of amides is 1. The molecule has 1 heterocycles. The topological polar surface area (TPSA) is 80.9 Å². The second kappa shape index (κ2) is 4.73. The van der Waals surface area contributed by atoms with Crippen LogP contribution in [0, 0.1) is 0 Å². The molecule has 1 aromatic carbocycles. The van der Waals surface area contributed by atoms with E-state index in [1.807, 2.05) is 0 Å². The summed E-state index contributed by atoms with van der Waals surface area (Å²) in [5.74, 6) is -0.176. The maximum Gasteiger partial charge on any atom is 0.225 e. The van der Waals surface area contributed by atoms with E-state index in [0.717, 1.165) is 17.2 Å². The Morgan fingerprint density at radius 1 is 1.50 bits per heavy atom. The molecule has 84 valence electrons. The van der Waals surface area contributed by atoms with Crippen molar-refractivity contribution in [3.8, 4) is 0 Å². The average Bonchev–Trinajstić information content (AvgIpc) is 2.71. The van der Waals surface area contributed by atoms with Crippen molar-refractivity contribution in [3.63, 3.8) is 0 Å². The van der Waals surface area contributed by atoms with E-state index in [1.54, 1.807) is 12.1 Å². The van der Waals surface area contributed by atoms with Crippen LogP contribution in [0.25, 0.3) is 11.0 Å². The number of rotatable bonds is 3. The number of carbonyl (C=O) groups excluding carboxylic acids is 1. The lowest BCUT2D eigenvalue weighted by Crippen LogP contribution is -2.16. The lowest BCUT2D eigenvalue weighted by Gasteiger charge is -2.06. The molecule has 1 amide bonds. The normalized spacial score (nSPS) is 10.6. The van der Waals surface area contributed by atoms with Gasteiger partial charge in [-0.15, -0.1) is 0 Å². The molecule has 0 aliphatic carbocycles. The zero-order chi connectivity index (χ0) is 11.5. The van der Waals surface area contributed by atoms with Crippen LogP contribution in [-0.4, -0.2) is 21.2 Å². The standard InChI is InChI=1S/C9H9ClN4OS/c10-5-1-2-6-9(14-16-13-6)8(5)12-7(15)3-4-11/h1-2H,3-4,11H2,(H,12,15). The summed E-state index contributed by atoms with van der Waals surface area (Å²) in [6, 6.07) is 3.45. The van der Waals surface area contributed by atoms with E-state index >= 15 is 0 Å². The molecule has 0 bridgehead atoms. The minimum Gasteiger partial charge on any atom is -0.330 e. The maximum atomic E-state index is 11.4. The highest BCUT2D eigenvalue weighted by molar-refractivity contribution is 7.00. The Morgan fingerprint density at radius 3 is 3.06 bits per heavy atom. The van der Waals surface area contributed by atoms with Gasteiger partial charge >= 0.3 is 0 Å². The Labute approximate surface area is 101 Å². The summed E-state index contributed by atoms with van der Waals surface area (Å²) < 4.78 is 8.16. The van der Waals surface area contributed by atoms with E-state index in [4.69, 9.17) is 17.3 Å². The van der Waals surface area contributed by atoms with Gasteiger partial charge in [-0.3, -0.25) is 4.79 Å². The van der Waals surface area contributed by atoms with Gasteiger partial charge in [0.25, 0.3) is 0 Å². The molecule has 5 nitrogen and oxygen atoms in total. The summed E-state index contributed by atoms with van der Waals surface area (Å²) in [4.78, 5) is 11.4. The van der Waals surface area contributed by atoms with Crippen molar-refractivity contribution in [1.82, 2.24) is 8.75 Å². The summed E-state index contributed by atoms with van der Waals surface area (Å²) in [6.07, 6.45) is 0.254. The van der Waals surface area contributed by atoms with Gasteiger partial charge < -0.3 is 11.1 Å². The molecule has 0 atom stereocenters. The number of benzene rings is 1. The highest BCUT2D eigenvalue weighted by atomic mass is 35.5. The average molecular weight is 257 g/mol. The molecule has 0 aliphatic rings. The second-order valence-electron chi connectivity index (χ2n) is 3.14. The molecular weight excluding hydrogens is 248 g/mol. The smallest absolute Gasteiger partial charge is 0.225 e. The number of hydrogen-bond donors (Lipinski definition) is 2. The van der Waals surface area contributed by atoms with Gasteiger partial charge in [0.15, 0.2) is 0 Å². The fourth-order valence-electron chi connectivity index (χ4n) is 1.28. The SMILES string of the molecule is NCCC(=O)Nc1c(Cl)ccc2nsnc12. The van der Waals surface area contributed by atoms with Crippen LogP contribution in [0.1, 0.15) is 6.42 Å². The van der Waals surface area contributed by atoms with Crippen LogP contribution in [0.15, 0.2) is 12.1 Å². The van der Waals surface area contributed by atoms with Crippen molar-refractivity contribution in [1.29, 1.82) is 0 Å². The first-order valence-corrected chi connectivity index (χ1v) is 5.74. The van der Waals surface area contributed by atoms with E-state index < -0.39 is 0 Å². The van der Waals surface area contributed by atoms with Gasteiger partial charge in [0.2, 0.25) is 5.91 Å². The van der Waals surface area contributed by atoms with Crippen molar-refractivity contribution < 1.29 is 4.79 Å². The van der Waals surface area contributed by atoms with Crippen molar-refractivity contribution in [2.24, 2.45) is 5.73 Å². The number of anilines is 1. The molecule has 0 aliphatic heterocycles. The van der Waals surface area contributed by atoms with Crippen LogP contribution >= 0.6 is 23.3 Å². The number of carbonyl (C=O) groups is 1. The van der Waals surface area contributed by atoms with Crippen LogP contribution in [0.3, 0.4) is 0 Å². The highest BCUT2D eigenvalue weighted by Crippen LogP contribution is 2.29. The Hall–Kier alpha value is -1.24. The lowest BCUT2D eigenvalue weighted by atomic mass is 10.2. The van der Waals surface area contributed by atoms with Crippen molar-refractivity contribution in [3.05, 3.63) is 17.2 Å². The first kappa shape index (κ1) is 11.3. The summed E-state index contributed by atoms with van der Waals surface area (Å²) in [5.41, 5.74) is 7.13.